The maximum atomic E-state index is 9.40. The lowest BCUT2D eigenvalue weighted by atomic mass is 10.1. The van der Waals surface area contributed by atoms with Gasteiger partial charge in [-0.1, -0.05) is 83.8 Å². The van der Waals surface area contributed by atoms with Gasteiger partial charge in [-0.05, 0) is 45.1 Å². The molecule has 4 N–H and O–H groups in total. The van der Waals surface area contributed by atoms with Gasteiger partial charge in [-0.3, -0.25) is 0 Å². The minimum Gasteiger partial charge on any atom is -0.636 e. The highest BCUT2D eigenvalue weighted by atomic mass is 16.5. The van der Waals surface area contributed by atoms with Crippen LogP contribution in [0, 0.1) is 5.21 Å². The SMILES string of the molecule is CCCCCCCC/C=C\CCCCCCCCN.CCC[NH2+][O-]. The summed E-state index contributed by atoms with van der Waals surface area (Å²) in [5.74, 6) is 0. The van der Waals surface area contributed by atoms with Gasteiger partial charge in [0.1, 0.15) is 0 Å². The fourth-order valence-electron chi connectivity index (χ4n) is 2.51. The minimum absolute atomic E-state index is 0.708. The summed E-state index contributed by atoms with van der Waals surface area (Å²) in [6.45, 7) is 5.83. The summed E-state index contributed by atoms with van der Waals surface area (Å²) in [6.07, 6.45) is 24.9. The van der Waals surface area contributed by atoms with E-state index in [-0.39, 0.29) is 0 Å². The number of allylic oxidation sites excluding steroid dienone is 2. The Balaban J connectivity index is 0. The van der Waals surface area contributed by atoms with Gasteiger partial charge in [-0.2, -0.15) is 0 Å². The van der Waals surface area contributed by atoms with E-state index in [1.807, 2.05) is 6.92 Å². The highest BCUT2D eigenvalue weighted by molar-refractivity contribution is 4.81. The Labute approximate surface area is 152 Å². The van der Waals surface area contributed by atoms with Crippen LogP contribution in [0.1, 0.15) is 110 Å². The Morgan fingerprint density at radius 1 is 0.667 bits per heavy atom. The van der Waals surface area contributed by atoms with Crippen LogP contribution in [0.2, 0.25) is 0 Å². The molecule has 0 spiro atoms. The number of hydrogen-bond donors (Lipinski definition) is 2. The van der Waals surface area contributed by atoms with E-state index < -0.39 is 0 Å². The molecule has 0 atom stereocenters. The third-order valence-corrected chi connectivity index (χ3v) is 4.12. The molecule has 0 amide bonds. The molecule has 146 valence electrons. The molecule has 0 aliphatic heterocycles. The molecule has 0 aliphatic rings. The Morgan fingerprint density at radius 2 is 1.12 bits per heavy atom. The summed E-state index contributed by atoms with van der Waals surface area (Å²) in [6, 6.07) is 0. The molecule has 3 nitrogen and oxygen atoms in total. The van der Waals surface area contributed by atoms with Crippen molar-refractivity contribution >= 4 is 0 Å². The van der Waals surface area contributed by atoms with Crippen molar-refractivity contribution in [1.82, 2.24) is 0 Å². The van der Waals surface area contributed by atoms with Crippen molar-refractivity contribution in [2.45, 2.75) is 110 Å². The maximum absolute atomic E-state index is 9.40. The highest BCUT2D eigenvalue weighted by Gasteiger charge is 1.90. The van der Waals surface area contributed by atoms with E-state index in [9.17, 15) is 5.21 Å². The van der Waals surface area contributed by atoms with E-state index in [2.05, 4.69) is 19.1 Å². The van der Waals surface area contributed by atoms with Crippen LogP contribution in [-0.2, 0) is 0 Å². The van der Waals surface area contributed by atoms with Crippen LogP contribution in [0.4, 0.5) is 0 Å². The zero-order chi connectivity index (χ0) is 18.1. The summed E-state index contributed by atoms with van der Waals surface area (Å²) >= 11 is 0. The summed E-state index contributed by atoms with van der Waals surface area (Å²) in [4.78, 5) is 0. The van der Waals surface area contributed by atoms with E-state index in [1.54, 1.807) is 0 Å². The van der Waals surface area contributed by atoms with Crippen molar-refractivity contribution in [3.8, 4) is 0 Å². The Kier molecular flexibility index (Phi) is 29.6. The molecule has 0 bridgehead atoms. The first-order valence-corrected chi connectivity index (χ1v) is 10.6. The molecule has 3 heteroatoms. The molecule has 0 aromatic carbocycles. The quantitative estimate of drug-likeness (QED) is 0.210. The normalized spacial score (nSPS) is 10.8. The van der Waals surface area contributed by atoms with E-state index in [4.69, 9.17) is 5.73 Å². The van der Waals surface area contributed by atoms with Crippen LogP contribution in [0.3, 0.4) is 0 Å². The number of unbranched alkanes of at least 4 members (excludes halogenated alkanes) is 12. The lowest BCUT2D eigenvalue weighted by molar-refractivity contribution is -0.588. The van der Waals surface area contributed by atoms with Gasteiger partial charge in [0, 0.05) is 0 Å². The molecule has 0 fully saturated rings. The molecule has 0 aromatic heterocycles. The molecule has 0 heterocycles. The van der Waals surface area contributed by atoms with Gasteiger partial charge < -0.3 is 16.4 Å². The van der Waals surface area contributed by atoms with Crippen LogP contribution in [0.15, 0.2) is 12.2 Å². The van der Waals surface area contributed by atoms with E-state index >= 15 is 0 Å². The second-order valence-electron chi connectivity index (χ2n) is 6.68. The van der Waals surface area contributed by atoms with Crippen molar-refractivity contribution in [3.63, 3.8) is 0 Å². The van der Waals surface area contributed by atoms with Crippen molar-refractivity contribution in [2.24, 2.45) is 5.73 Å². The van der Waals surface area contributed by atoms with Gasteiger partial charge in [0.05, 0.1) is 6.54 Å². The van der Waals surface area contributed by atoms with Crippen molar-refractivity contribution in [1.29, 1.82) is 0 Å². The van der Waals surface area contributed by atoms with Gasteiger partial charge in [0.25, 0.3) is 0 Å². The zero-order valence-electron chi connectivity index (χ0n) is 16.7. The number of hydrogen-bond acceptors (Lipinski definition) is 2. The largest absolute Gasteiger partial charge is 0.636 e. The Morgan fingerprint density at radius 3 is 1.50 bits per heavy atom. The van der Waals surface area contributed by atoms with Crippen LogP contribution in [0.5, 0.6) is 0 Å². The van der Waals surface area contributed by atoms with Gasteiger partial charge in [-0.25, -0.2) is 0 Å². The second kappa shape index (κ2) is 27.5. The predicted octanol–water partition coefficient (Wildman–Crippen LogP) is 5.44. The first-order valence-electron chi connectivity index (χ1n) is 10.6. The molecule has 0 unspecified atom stereocenters. The summed E-state index contributed by atoms with van der Waals surface area (Å²) in [7, 11) is 0. The zero-order valence-corrected chi connectivity index (χ0v) is 16.7. The lowest BCUT2D eigenvalue weighted by Crippen LogP contribution is -2.77. The topological polar surface area (TPSA) is 65.7 Å². The van der Waals surface area contributed by atoms with Crippen LogP contribution < -0.4 is 11.2 Å². The smallest absolute Gasteiger partial charge is 0.0749 e. The van der Waals surface area contributed by atoms with Gasteiger partial charge in [0.15, 0.2) is 0 Å². The first-order chi connectivity index (χ1) is 11.8. The average Bonchev–Trinajstić information content (AvgIpc) is 2.60. The van der Waals surface area contributed by atoms with Crippen LogP contribution in [0.25, 0.3) is 0 Å². The third kappa shape index (κ3) is 29.6. The standard InChI is InChI=1S/C18H37N.C3H9NO/c1-2-3-4-5-6-7-8-9-10-11-12-13-14-15-16-17-18-19;1-2-3-4-5/h9-10H,2-8,11-19H2,1H3;2-4H2,1H3/b10-9-;. The third-order valence-electron chi connectivity index (χ3n) is 4.12. The Hall–Kier alpha value is -0.380. The summed E-state index contributed by atoms with van der Waals surface area (Å²) in [5, 5.41) is 9.40. The fraction of sp³-hybridized carbons (Fsp3) is 0.905. The summed E-state index contributed by atoms with van der Waals surface area (Å²) in [5.41, 5.74) is 6.40. The van der Waals surface area contributed by atoms with Gasteiger partial charge in [0.2, 0.25) is 0 Å². The molecular weight excluding hydrogens is 296 g/mol. The molecule has 0 aliphatic carbocycles. The maximum Gasteiger partial charge on any atom is 0.0749 e. The number of quaternary nitrogens is 1. The van der Waals surface area contributed by atoms with Crippen LogP contribution in [-0.4, -0.2) is 13.1 Å². The van der Waals surface area contributed by atoms with E-state index in [1.165, 1.54) is 89.9 Å². The van der Waals surface area contributed by atoms with Gasteiger partial charge >= 0.3 is 0 Å². The van der Waals surface area contributed by atoms with Crippen molar-refractivity contribution in [2.75, 3.05) is 13.1 Å². The van der Waals surface area contributed by atoms with Gasteiger partial charge in [-0.15, -0.1) is 0 Å². The van der Waals surface area contributed by atoms with E-state index in [0.717, 1.165) is 18.4 Å². The second-order valence-corrected chi connectivity index (χ2v) is 6.68. The molecular formula is C21H46N2O. The van der Waals surface area contributed by atoms with Crippen molar-refractivity contribution in [3.05, 3.63) is 17.4 Å². The Bertz CT molecular complexity index is 218. The number of nitrogens with two attached hydrogens (primary N) is 2. The number of rotatable bonds is 17. The molecule has 0 radical (unpaired) electrons. The van der Waals surface area contributed by atoms with Crippen molar-refractivity contribution < 1.29 is 5.48 Å². The van der Waals surface area contributed by atoms with E-state index in [0.29, 0.717) is 6.54 Å². The predicted molar refractivity (Wildman–Crippen MR) is 109 cm³/mol. The highest BCUT2D eigenvalue weighted by Crippen LogP contribution is 2.09. The lowest BCUT2D eigenvalue weighted by Gasteiger charge is -1.99. The summed E-state index contributed by atoms with van der Waals surface area (Å²) < 4.78 is 0. The minimum atomic E-state index is 0.708. The monoisotopic (exact) mass is 342 g/mol. The molecule has 0 saturated heterocycles. The molecule has 24 heavy (non-hydrogen) atoms. The molecule has 0 saturated carbocycles. The first kappa shape index (κ1) is 25.9. The number of hydroxylamine groups is 1. The van der Waals surface area contributed by atoms with Crippen LogP contribution >= 0.6 is 0 Å². The molecule has 0 aromatic rings. The average molecular weight is 343 g/mol. The fourth-order valence-corrected chi connectivity index (χ4v) is 2.51. The molecule has 0 rings (SSSR count).